The van der Waals surface area contributed by atoms with Crippen LogP contribution in [0.5, 0.6) is 0 Å². The zero-order chi connectivity index (χ0) is 16.7. The lowest BCUT2D eigenvalue weighted by Gasteiger charge is -2.21. The summed E-state index contributed by atoms with van der Waals surface area (Å²) in [5.74, 6) is -1.25. The van der Waals surface area contributed by atoms with Gasteiger partial charge in [0.2, 0.25) is 0 Å². The van der Waals surface area contributed by atoms with E-state index < -0.39 is 21.2 Å². The van der Waals surface area contributed by atoms with Gasteiger partial charge < -0.3 is 10.0 Å². The first-order valence-corrected chi connectivity index (χ1v) is 8.77. The normalized spacial score (nSPS) is 21.9. The van der Waals surface area contributed by atoms with Gasteiger partial charge >= 0.3 is 5.97 Å². The highest BCUT2D eigenvalue weighted by molar-refractivity contribution is 7.90. The van der Waals surface area contributed by atoms with Crippen LogP contribution < -0.4 is 0 Å². The highest BCUT2D eigenvalue weighted by atomic mass is 32.2. The number of nitrogens with zero attached hydrogens (tertiary/aromatic N) is 1. The van der Waals surface area contributed by atoms with Gasteiger partial charge in [-0.25, -0.2) is 8.42 Å². The second kappa shape index (κ2) is 5.39. The van der Waals surface area contributed by atoms with Crippen molar-refractivity contribution in [2.45, 2.75) is 25.2 Å². The van der Waals surface area contributed by atoms with Crippen LogP contribution in [0.2, 0.25) is 0 Å². The molecule has 1 aromatic carbocycles. The van der Waals surface area contributed by atoms with E-state index in [2.05, 4.69) is 0 Å². The number of aryl methyl sites for hydroxylation is 1. The fourth-order valence-corrected chi connectivity index (χ4v) is 3.19. The van der Waals surface area contributed by atoms with Crippen LogP contribution in [0.1, 0.15) is 29.3 Å². The third-order valence-corrected chi connectivity index (χ3v) is 5.25. The van der Waals surface area contributed by atoms with Crippen molar-refractivity contribution in [1.29, 1.82) is 0 Å². The Hall–Kier alpha value is -1.89. The first-order chi connectivity index (χ1) is 10.0. The summed E-state index contributed by atoms with van der Waals surface area (Å²) in [5, 5.41) is 9.23. The molecule has 1 aliphatic rings. The van der Waals surface area contributed by atoms with E-state index in [9.17, 15) is 23.1 Å². The molecule has 6 nitrogen and oxygen atoms in total. The van der Waals surface area contributed by atoms with Gasteiger partial charge in [-0.3, -0.25) is 9.59 Å². The highest BCUT2D eigenvalue weighted by Gasteiger charge is 2.42. The van der Waals surface area contributed by atoms with Crippen LogP contribution in [-0.4, -0.2) is 49.6 Å². The number of benzene rings is 1. The summed E-state index contributed by atoms with van der Waals surface area (Å²) in [7, 11) is -3.40. The number of likely N-dealkylation sites (tertiary alicyclic amines) is 1. The van der Waals surface area contributed by atoms with Gasteiger partial charge in [-0.2, -0.15) is 0 Å². The molecule has 0 unspecified atom stereocenters. The predicted molar refractivity (Wildman–Crippen MR) is 80.6 cm³/mol. The summed E-state index contributed by atoms with van der Waals surface area (Å²) in [6.07, 6.45) is 1.47. The number of hydrogen-bond acceptors (Lipinski definition) is 4. The molecule has 1 amide bonds. The molecule has 0 aromatic heterocycles. The Kier molecular flexibility index (Phi) is 4.04. The Morgan fingerprint density at radius 1 is 1.32 bits per heavy atom. The van der Waals surface area contributed by atoms with Crippen molar-refractivity contribution in [2.24, 2.45) is 5.41 Å². The maximum absolute atomic E-state index is 12.6. The van der Waals surface area contributed by atoms with Crippen molar-refractivity contribution < 1.29 is 23.1 Å². The molecule has 1 heterocycles. The zero-order valence-corrected chi connectivity index (χ0v) is 13.6. The quantitative estimate of drug-likeness (QED) is 0.905. The van der Waals surface area contributed by atoms with Gasteiger partial charge in [0, 0.05) is 24.9 Å². The lowest BCUT2D eigenvalue weighted by Crippen LogP contribution is -2.35. The monoisotopic (exact) mass is 325 g/mol. The lowest BCUT2D eigenvalue weighted by atomic mass is 9.90. The van der Waals surface area contributed by atoms with Crippen LogP contribution in [0.15, 0.2) is 23.1 Å². The Labute approximate surface area is 129 Å². The van der Waals surface area contributed by atoms with E-state index in [1.54, 1.807) is 19.9 Å². The molecule has 1 atom stereocenters. The van der Waals surface area contributed by atoms with Crippen molar-refractivity contribution in [1.82, 2.24) is 4.90 Å². The first kappa shape index (κ1) is 16.5. The minimum atomic E-state index is -3.40. The van der Waals surface area contributed by atoms with Crippen molar-refractivity contribution in [3.63, 3.8) is 0 Å². The fraction of sp³-hybridized carbons (Fsp3) is 0.467. The first-order valence-electron chi connectivity index (χ1n) is 6.88. The van der Waals surface area contributed by atoms with Gasteiger partial charge in [0.1, 0.15) is 0 Å². The molecule has 0 saturated carbocycles. The number of carbonyl (C=O) groups is 2. The van der Waals surface area contributed by atoms with Crippen LogP contribution in [0.3, 0.4) is 0 Å². The molecule has 1 aliphatic heterocycles. The molecule has 0 aliphatic carbocycles. The summed E-state index contributed by atoms with van der Waals surface area (Å²) < 4.78 is 23.3. The number of carboxylic acids is 1. The van der Waals surface area contributed by atoms with Crippen LogP contribution in [0, 0.1) is 12.3 Å². The van der Waals surface area contributed by atoms with Crippen molar-refractivity contribution in [3.8, 4) is 0 Å². The number of sulfone groups is 1. The Morgan fingerprint density at radius 2 is 1.95 bits per heavy atom. The van der Waals surface area contributed by atoms with Crippen molar-refractivity contribution >= 4 is 21.7 Å². The minimum Gasteiger partial charge on any atom is -0.481 e. The number of hydrogen-bond donors (Lipinski definition) is 1. The van der Waals surface area contributed by atoms with Crippen LogP contribution in [0.4, 0.5) is 0 Å². The van der Waals surface area contributed by atoms with Gasteiger partial charge in [0.05, 0.1) is 10.3 Å². The Bertz CT molecular complexity index is 740. The Balaban J connectivity index is 2.33. The van der Waals surface area contributed by atoms with E-state index in [0.717, 1.165) is 6.26 Å². The minimum absolute atomic E-state index is 0.0849. The molecular weight excluding hydrogens is 306 g/mol. The summed E-state index contributed by atoms with van der Waals surface area (Å²) in [4.78, 5) is 25.4. The van der Waals surface area contributed by atoms with E-state index in [1.165, 1.54) is 17.0 Å². The van der Waals surface area contributed by atoms with Gasteiger partial charge in [-0.05, 0) is 38.0 Å². The van der Waals surface area contributed by atoms with E-state index in [0.29, 0.717) is 24.1 Å². The number of aliphatic carboxylic acids is 1. The van der Waals surface area contributed by atoms with E-state index in [1.807, 2.05) is 0 Å². The standard InChI is InChI=1S/C15H19NO5S/c1-10-4-5-11(22(3,20)21)8-12(10)13(17)16-7-6-15(2,9-16)14(18)19/h4-5,8H,6-7,9H2,1-3H3,(H,18,19)/t15-/m0/s1. The van der Waals surface area contributed by atoms with E-state index in [4.69, 9.17) is 0 Å². The third kappa shape index (κ3) is 2.99. The predicted octanol–water partition coefficient (Wildman–Crippen LogP) is 1.34. The molecular formula is C15H19NO5S. The summed E-state index contributed by atoms with van der Waals surface area (Å²) in [5.41, 5.74) is 0.0248. The second-order valence-electron chi connectivity index (χ2n) is 6.09. The number of carbonyl (C=O) groups excluding carboxylic acids is 1. The fourth-order valence-electron chi connectivity index (χ4n) is 2.54. The molecule has 1 saturated heterocycles. The summed E-state index contributed by atoms with van der Waals surface area (Å²) in [6.45, 7) is 3.82. The van der Waals surface area contributed by atoms with Gasteiger partial charge in [0.25, 0.3) is 5.91 Å². The number of carboxylic acid groups (broad SMARTS) is 1. The highest BCUT2D eigenvalue weighted by Crippen LogP contribution is 2.31. The van der Waals surface area contributed by atoms with E-state index in [-0.39, 0.29) is 17.3 Å². The summed E-state index contributed by atoms with van der Waals surface area (Å²) in [6, 6.07) is 4.42. The van der Waals surface area contributed by atoms with Crippen molar-refractivity contribution in [3.05, 3.63) is 29.3 Å². The average molecular weight is 325 g/mol. The second-order valence-corrected chi connectivity index (χ2v) is 8.11. The van der Waals surface area contributed by atoms with Gasteiger partial charge in [-0.15, -0.1) is 0 Å². The Morgan fingerprint density at radius 3 is 2.45 bits per heavy atom. The van der Waals surface area contributed by atoms with Gasteiger partial charge in [-0.1, -0.05) is 6.07 Å². The smallest absolute Gasteiger partial charge is 0.311 e. The summed E-state index contributed by atoms with van der Waals surface area (Å²) >= 11 is 0. The molecule has 1 fully saturated rings. The zero-order valence-electron chi connectivity index (χ0n) is 12.8. The molecule has 0 radical (unpaired) electrons. The molecule has 0 bridgehead atoms. The topological polar surface area (TPSA) is 91.8 Å². The molecule has 22 heavy (non-hydrogen) atoms. The molecule has 120 valence electrons. The maximum atomic E-state index is 12.6. The largest absolute Gasteiger partial charge is 0.481 e. The van der Waals surface area contributed by atoms with Crippen LogP contribution in [0.25, 0.3) is 0 Å². The number of rotatable bonds is 3. The van der Waals surface area contributed by atoms with Crippen LogP contribution in [-0.2, 0) is 14.6 Å². The molecule has 1 N–H and O–H groups in total. The van der Waals surface area contributed by atoms with Gasteiger partial charge in [0.15, 0.2) is 9.84 Å². The molecule has 1 aromatic rings. The lowest BCUT2D eigenvalue weighted by molar-refractivity contribution is -0.147. The molecule has 2 rings (SSSR count). The SMILES string of the molecule is Cc1ccc(S(C)(=O)=O)cc1C(=O)N1CC[C@](C)(C(=O)O)C1. The van der Waals surface area contributed by atoms with Crippen LogP contribution >= 0.6 is 0 Å². The number of amides is 1. The molecule has 0 spiro atoms. The average Bonchev–Trinajstić information content (AvgIpc) is 2.81. The maximum Gasteiger partial charge on any atom is 0.311 e. The molecule has 7 heteroatoms. The van der Waals surface area contributed by atoms with Crippen molar-refractivity contribution in [2.75, 3.05) is 19.3 Å². The van der Waals surface area contributed by atoms with E-state index >= 15 is 0 Å². The third-order valence-electron chi connectivity index (χ3n) is 4.14.